The van der Waals surface area contributed by atoms with Gasteiger partial charge < -0.3 is 5.73 Å². The van der Waals surface area contributed by atoms with Gasteiger partial charge in [-0.25, -0.2) is 4.39 Å². The number of rotatable bonds is 1. The topological polar surface area (TPSA) is 26.0 Å². The lowest BCUT2D eigenvalue weighted by atomic mass is 9.80. The summed E-state index contributed by atoms with van der Waals surface area (Å²) in [4.78, 5) is 0. The summed E-state index contributed by atoms with van der Waals surface area (Å²) in [6, 6.07) is 4.97. The second-order valence-corrected chi connectivity index (χ2v) is 4.66. The Morgan fingerprint density at radius 2 is 2.00 bits per heavy atom. The van der Waals surface area contributed by atoms with Crippen LogP contribution in [-0.4, -0.2) is 6.04 Å². The van der Waals surface area contributed by atoms with Crippen LogP contribution in [0.2, 0.25) is 5.02 Å². The van der Waals surface area contributed by atoms with Crippen molar-refractivity contribution in [2.45, 2.75) is 37.6 Å². The van der Waals surface area contributed by atoms with Crippen LogP contribution in [0, 0.1) is 5.82 Å². The van der Waals surface area contributed by atoms with Crippen molar-refractivity contribution in [1.29, 1.82) is 0 Å². The fourth-order valence-corrected chi connectivity index (χ4v) is 2.51. The Balaban J connectivity index is 2.27. The summed E-state index contributed by atoms with van der Waals surface area (Å²) in [5, 5.41) is 0.445. The van der Waals surface area contributed by atoms with Crippen molar-refractivity contribution in [1.82, 2.24) is 0 Å². The van der Waals surface area contributed by atoms with Crippen molar-refractivity contribution < 1.29 is 4.39 Å². The van der Waals surface area contributed by atoms with Gasteiger partial charge in [-0.05, 0) is 30.5 Å². The van der Waals surface area contributed by atoms with Crippen LogP contribution in [0.15, 0.2) is 18.2 Å². The van der Waals surface area contributed by atoms with Crippen molar-refractivity contribution >= 4 is 11.6 Å². The SMILES string of the molecule is NC1CCCCC1c1ccc(Cl)cc1F. The first-order chi connectivity index (χ1) is 7.18. The van der Waals surface area contributed by atoms with E-state index < -0.39 is 0 Å². The highest BCUT2D eigenvalue weighted by molar-refractivity contribution is 6.30. The highest BCUT2D eigenvalue weighted by Gasteiger charge is 2.25. The summed E-state index contributed by atoms with van der Waals surface area (Å²) in [5.41, 5.74) is 6.75. The molecule has 0 bridgehead atoms. The molecule has 0 aromatic heterocycles. The Hall–Kier alpha value is -0.600. The predicted molar refractivity (Wildman–Crippen MR) is 60.6 cm³/mol. The van der Waals surface area contributed by atoms with Crippen LogP contribution in [-0.2, 0) is 0 Å². The van der Waals surface area contributed by atoms with E-state index in [-0.39, 0.29) is 17.8 Å². The Morgan fingerprint density at radius 1 is 1.27 bits per heavy atom. The molecule has 1 aliphatic carbocycles. The van der Waals surface area contributed by atoms with E-state index in [9.17, 15) is 4.39 Å². The van der Waals surface area contributed by atoms with Crippen LogP contribution in [0.4, 0.5) is 4.39 Å². The molecule has 3 heteroatoms. The molecule has 0 heterocycles. The van der Waals surface area contributed by atoms with Crippen molar-refractivity contribution in [2.75, 3.05) is 0 Å². The standard InChI is InChI=1S/C12H15ClFN/c13-8-5-6-9(11(14)7-8)10-3-1-2-4-12(10)15/h5-7,10,12H,1-4,15H2. The van der Waals surface area contributed by atoms with Gasteiger partial charge in [-0.1, -0.05) is 30.5 Å². The zero-order valence-electron chi connectivity index (χ0n) is 8.55. The molecule has 2 rings (SSSR count). The minimum absolute atomic E-state index is 0.0921. The summed E-state index contributed by atoms with van der Waals surface area (Å²) in [6.07, 6.45) is 4.28. The molecule has 15 heavy (non-hydrogen) atoms. The van der Waals surface area contributed by atoms with Crippen LogP contribution in [0.3, 0.4) is 0 Å². The molecule has 0 amide bonds. The maximum Gasteiger partial charge on any atom is 0.128 e. The molecule has 0 saturated heterocycles. The number of hydrogen-bond acceptors (Lipinski definition) is 1. The molecule has 2 unspecified atom stereocenters. The van der Waals surface area contributed by atoms with Crippen LogP contribution in [0.5, 0.6) is 0 Å². The van der Waals surface area contributed by atoms with Gasteiger partial charge in [0.25, 0.3) is 0 Å². The van der Waals surface area contributed by atoms with E-state index in [1.807, 2.05) is 0 Å². The molecule has 0 radical (unpaired) electrons. The fraction of sp³-hybridized carbons (Fsp3) is 0.500. The highest BCUT2D eigenvalue weighted by atomic mass is 35.5. The summed E-state index contributed by atoms with van der Waals surface area (Å²) in [5.74, 6) is -0.0548. The zero-order valence-corrected chi connectivity index (χ0v) is 9.30. The third-order valence-electron chi connectivity index (χ3n) is 3.18. The number of nitrogens with two attached hydrogens (primary N) is 1. The summed E-state index contributed by atoms with van der Waals surface area (Å²) < 4.78 is 13.7. The van der Waals surface area contributed by atoms with Gasteiger partial charge >= 0.3 is 0 Å². The predicted octanol–water partition coefficient (Wildman–Crippen LogP) is 3.46. The lowest BCUT2D eigenvalue weighted by molar-refractivity contribution is 0.376. The van der Waals surface area contributed by atoms with Gasteiger partial charge in [-0.3, -0.25) is 0 Å². The average molecular weight is 228 g/mol. The quantitative estimate of drug-likeness (QED) is 0.781. The van der Waals surface area contributed by atoms with E-state index in [2.05, 4.69) is 0 Å². The van der Waals surface area contributed by atoms with E-state index in [1.54, 1.807) is 12.1 Å². The van der Waals surface area contributed by atoms with Crippen LogP contribution in [0.25, 0.3) is 0 Å². The van der Waals surface area contributed by atoms with E-state index in [0.717, 1.165) is 31.2 Å². The van der Waals surface area contributed by atoms with Crippen LogP contribution in [0.1, 0.15) is 37.2 Å². The summed E-state index contributed by atoms with van der Waals surface area (Å²) in [7, 11) is 0. The van der Waals surface area contributed by atoms with Crippen molar-refractivity contribution in [2.24, 2.45) is 5.73 Å². The molecule has 1 aromatic carbocycles. The highest BCUT2D eigenvalue weighted by Crippen LogP contribution is 2.33. The smallest absolute Gasteiger partial charge is 0.128 e. The molecule has 1 fully saturated rings. The van der Waals surface area contributed by atoms with Crippen molar-refractivity contribution in [3.05, 3.63) is 34.6 Å². The summed E-state index contributed by atoms with van der Waals surface area (Å²) >= 11 is 5.72. The lowest BCUT2D eigenvalue weighted by Crippen LogP contribution is -2.31. The maximum absolute atomic E-state index is 13.7. The second kappa shape index (κ2) is 4.50. The van der Waals surface area contributed by atoms with Gasteiger partial charge in [0.1, 0.15) is 5.82 Å². The Bertz CT molecular complexity index is 353. The molecule has 1 aromatic rings. The first kappa shape index (κ1) is 10.9. The van der Waals surface area contributed by atoms with Crippen molar-refractivity contribution in [3.8, 4) is 0 Å². The van der Waals surface area contributed by atoms with Gasteiger partial charge in [0, 0.05) is 17.0 Å². The van der Waals surface area contributed by atoms with E-state index in [4.69, 9.17) is 17.3 Å². The van der Waals surface area contributed by atoms with Crippen LogP contribution < -0.4 is 5.73 Å². The average Bonchev–Trinajstić information content (AvgIpc) is 2.20. The normalized spacial score (nSPS) is 26.6. The Kier molecular flexibility index (Phi) is 3.27. The molecule has 1 aliphatic rings. The largest absolute Gasteiger partial charge is 0.327 e. The Morgan fingerprint density at radius 3 is 2.67 bits per heavy atom. The van der Waals surface area contributed by atoms with E-state index >= 15 is 0 Å². The minimum Gasteiger partial charge on any atom is -0.327 e. The molecule has 2 atom stereocenters. The molecule has 82 valence electrons. The fourth-order valence-electron chi connectivity index (χ4n) is 2.35. The molecule has 0 aliphatic heterocycles. The lowest BCUT2D eigenvalue weighted by Gasteiger charge is -2.29. The second-order valence-electron chi connectivity index (χ2n) is 4.22. The van der Waals surface area contributed by atoms with Crippen molar-refractivity contribution in [3.63, 3.8) is 0 Å². The number of hydrogen-bond donors (Lipinski definition) is 1. The maximum atomic E-state index is 13.7. The molecule has 2 N–H and O–H groups in total. The molecular weight excluding hydrogens is 213 g/mol. The molecule has 0 spiro atoms. The van der Waals surface area contributed by atoms with Gasteiger partial charge in [0.2, 0.25) is 0 Å². The molecular formula is C12H15ClFN. The van der Waals surface area contributed by atoms with Gasteiger partial charge in [-0.2, -0.15) is 0 Å². The monoisotopic (exact) mass is 227 g/mol. The van der Waals surface area contributed by atoms with E-state index in [0.29, 0.717) is 5.02 Å². The first-order valence-corrected chi connectivity index (χ1v) is 5.77. The third kappa shape index (κ3) is 2.32. The van der Waals surface area contributed by atoms with Gasteiger partial charge in [0.05, 0.1) is 0 Å². The minimum atomic E-state index is -0.218. The van der Waals surface area contributed by atoms with Gasteiger partial charge in [-0.15, -0.1) is 0 Å². The molecule has 1 saturated carbocycles. The Labute approximate surface area is 94.4 Å². The first-order valence-electron chi connectivity index (χ1n) is 5.39. The zero-order chi connectivity index (χ0) is 10.8. The van der Waals surface area contributed by atoms with E-state index in [1.165, 1.54) is 6.07 Å². The molecule has 1 nitrogen and oxygen atoms in total. The number of benzene rings is 1. The van der Waals surface area contributed by atoms with Crippen LogP contribution >= 0.6 is 11.6 Å². The number of halogens is 2. The third-order valence-corrected chi connectivity index (χ3v) is 3.42. The van der Waals surface area contributed by atoms with Gasteiger partial charge in [0.15, 0.2) is 0 Å². The summed E-state index contributed by atoms with van der Waals surface area (Å²) in [6.45, 7) is 0.